The maximum atomic E-state index is 6.19. The SMILES string of the molecule is Clc1ccc2c(-c3ccccc3)nc(N/N=C/c3ccc4ncccc4c3)nc2c1. The van der Waals surface area contributed by atoms with E-state index in [1.54, 1.807) is 12.4 Å². The number of hydrazone groups is 1. The molecule has 0 fully saturated rings. The van der Waals surface area contributed by atoms with Gasteiger partial charge >= 0.3 is 0 Å². The lowest BCUT2D eigenvalue weighted by Crippen LogP contribution is -2.00. The summed E-state index contributed by atoms with van der Waals surface area (Å²) in [5.41, 5.74) is 7.44. The van der Waals surface area contributed by atoms with Gasteiger partial charge in [0.15, 0.2) is 0 Å². The average Bonchev–Trinajstić information content (AvgIpc) is 2.79. The molecule has 2 aromatic heterocycles. The second-order valence-electron chi connectivity index (χ2n) is 6.75. The van der Waals surface area contributed by atoms with Gasteiger partial charge in [-0.1, -0.05) is 54.1 Å². The van der Waals surface area contributed by atoms with Crippen molar-refractivity contribution in [2.45, 2.75) is 0 Å². The molecule has 30 heavy (non-hydrogen) atoms. The number of hydrogen-bond acceptors (Lipinski definition) is 5. The molecular weight excluding hydrogens is 394 g/mol. The Hall–Kier alpha value is -3.83. The van der Waals surface area contributed by atoms with E-state index in [1.165, 1.54) is 0 Å². The molecule has 0 saturated carbocycles. The predicted octanol–water partition coefficient (Wildman–Crippen LogP) is 5.94. The summed E-state index contributed by atoms with van der Waals surface area (Å²) in [6, 6.07) is 25.5. The Morgan fingerprint density at radius 3 is 2.63 bits per heavy atom. The van der Waals surface area contributed by atoms with Crippen LogP contribution >= 0.6 is 11.6 Å². The topological polar surface area (TPSA) is 63.1 Å². The zero-order valence-corrected chi connectivity index (χ0v) is 16.6. The first kappa shape index (κ1) is 18.2. The minimum absolute atomic E-state index is 0.405. The molecule has 0 spiro atoms. The standard InChI is InChI=1S/C24H16ClN5/c25-19-9-10-20-22(14-19)28-24(29-23(20)17-5-2-1-3-6-17)30-27-15-16-8-11-21-18(13-16)7-4-12-26-21/h1-15H,(H,28,29,30)/b27-15+. The molecule has 0 aliphatic carbocycles. The van der Waals surface area contributed by atoms with Crippen LogP contribution in [-0.2, 0) is 0 Å². The van der Waals surface area contributed by atoms with Crippen molar-refractivity contribution in [3.63, 3.8) is 0 Å². The van der Waals surface area contributed by atoms with Gasteiger partial charge in [0.25, 0.3) is 0 Å². The maximum Gasteiger partial charge on any atom is 0.244 e. The molecular formula is C24H16ClN5. The molecule has 0 aliphatic heterocycles. The first-order chi connectivity index (χ1) is 14.8. The number of pyridine rings is 1. The number of nitrogens with zero attached hydrogens (tertiary/aromatic N) is 4. The second kappa shape index (κ2) is 7.89. The van der Waals surface area contributed by atoms with E-state index >= 15 is 0 Å². The Morgan fingerprint density at radius 2 is 1.73 bits per heavy atom. The first-order valence-corrected chi connectivity index (χ1v) is 9.81. The van der Waals surface area contributed by atoms with E-state index in [0.29, 0.717) is 11.0 Å². The molecule has 5 aromatic rings. The fourth-order valence-corrected chi connectivity index (χ4v) is 3.47. The fraction of sp³-hybridized carbons (Fsp3) is 0. The molecule has 0 radical (unpaired) electrons. The van der Waals surface area contributed by atoms with Crippen LogP contribution in [-0.4, -0.2) is 21.2 Å². The van der Waals surface area contributed by atoms with Gasteiger partial charge in [-0.2, -0.15) is 5.10 Å². The molecule has 0 aliphatic rings. The van der Waals surface area contributed by atoms with E-state index in [9.17, 15) is 0 Å². The van der Waals surface area contributed by atoms with Crippen LogP contribution in [0.25, 0.3) is 33.1 Å². The van der Waals surface area contributed by atoms with Gasteiger partial charge in [0.2, 0.25) is 5.95 Å². The largest absolute Gasteiger partial charge is 0.256 e. The van der Waals surface area contributed by atoms with E-state index in [0.717, 1.165) is 38.6 Å². The lowest BCUT2D eigenvalue weighted by atomic mass is 10.1. The van der Waals surface area contributed by atoms with Gasteiger partial charge < -0.3 is 0 Å². The zero-order chi connectivity index (χ0) is 20.3. The highest BCUT2D eigenvalue weighted by molar-refractivity contribution is 6.31. The lowest BCUT2D eigenvalue weighted by molar-refractivity contribution is 1.16. The number of benzene rings is 3. The molecule has 2 heterocycles. The highest BCUT2D eigenvalue weighted by Gasteiger charge is 2.10. The van der Waals surface area contributed by atoms with Crippen molar-refractivity contribution < 1.29 is 0 Å². The molecule has 144 valence electrons. The Bertz CT molecular complexity index is 1380. The molecule has 0 unspecified atom stereocenters. The van der Waals surface area contributed by atoms with Gasteiger partial charge in [-0.3, -0.25) is 4.98 Å². The molecule has 0 bridgehead atoms. The minimum atomic E-state index is 0.405. The van der Waals surface area contributed by atoms with Crippen molar-refractivity contribution in [3.05, 3.63) is 95.6 Å². The summed E-state index contributed by atoms with van der Waals surface area (Å²) >= 11 is 6.19. The van der Waals surface area contributed by atoms with E-state index in [1.807, 2.05) is 78.9 Å². The third-order valence-electron chi connectivity index (χ3n) is 4.71. The number of fused-ring (bicyclic) bond motifs is 2. The molecule has 5 nitrogen and oxygen atoms in total. The zero-order valence-electron chi connectivity index (χ0n) is 15.8. The van der Waals surface area contributed by atoms with Gasteiger partial charge in [0.1, 0.15) is 0 Å². The monoisotopic (exact) mass is 409 g/mol. The summed E-state index contributed by atoms with van der Waals surface area (Å²) < 4.78 is 0. The van der Waals surface area contributed by atoms with E-state index in [2.05, 4.69) is 20.5 Å². The van der Waals surface area contributed by atoms with Crippen LogP contribution in [0.15, 0.2) is 90.2 Å². The summed E-state index contributed by atoms with van der Waals surface area (Å²) in [4.78, 5) is 13.6. The molecule has 0 atom stereocenters. The van der Waals surface area contributed by atoms with Gasteiger partial charge in [0, 0.05) is 27.6 Å². The van der Waals surface area contributed by atoms with Gasteiger partial charge in [0.05, 0.1) is 22.9 Å². The van der Waals surface area contributed by atoms with Crippen LogP contribution in [0.5, 0.6) is 0 Å². The Labute approximate surface area is 178 Å². The number of halogens is 1. The van der Waals surface area contributed by atoms with Crippen molar-refractivity contribution in [2.24, 2.45) is 5.10 Å². The van der Waals surface area contributed by atoms with Gasteiger partial charge in [-0.15, -0.1) is 0 Å². The van der Waals surface area contributed by atoms with Gasteiger partial charge in [-0.05, 0) is 42.0 Å². The van der Waals surface area contributed by atoms with E-state index < -0.39 is 0 Å². The highest BCUT2D eigenvalue weighted by atomic mass is 35.5. The van der Waals surface area contributed by atoms with Gasteiger partial charge in [-0.25, -0.2) is 15.4 Å². The molecule has 3 aromatic carbocycles. The van der Waals surface area contributed by atoms with Crippen molar-refractivity contribution in [1.82, 2.24) is 15.0 Å². The van der Waals surface area contributed by atoms with Crippen LogP contribution in [0.3, 0.4) is 0 Å². The van der Waals surface area contributed by atoms with Crippen molar-refractivity contribution in [1.29, 1.82) is 0 Å². The summed E-state index contributed by atoms with van der Waals surface area (Å²) in [6.07, 6.45) is 3.52. The van der Waals surface area contributed by atoms with Crippen LogP contribution in [0.1, 0.15) is 5.56 Å². The number of nitrogens with one attached hydrogen (secondary N) is 1. The van der Waals surface area contributed by atoms with Crippen molar-refractivity contribution in [2.75, 3.05) is 5.43 Å². The van der Waals surface area contributed by atoms with E-state index in [-0.39, 0.29) is 0 Å². The van der Waals surface area contributed by atoms with Crippen molar-refractivity contribution >= 4 is 45.6 Å². The average molecular weight is 410 g/mol. The number of aromatic nitrogens is 3. The summed E-state index contributed by atoms with van der Waals surface area (Å²) in [5, 5.41) is 6.95. The summed E-state index contributed by atoms with van der Waals surface area (Å²) in [7, 11) is 0. The van der Waals surface area contributed by atoms with E-state index in [4.69, 9.17) is 16.6 Å². The normalized spacial score (nSPS) is 11.4. The number of hydrogen-bond donors (Lipinski definition) is 1. The first-order valence-electron chi connectivity index (χ1n) is 9.43. The molecule has 0 amide bonds. The summed E-state index contributed by atoms with van der Waals surface area (Å²) in [5.74, 6) is 0.405. The quantitative estimate of drug-likeness (QED) is 0.294. The Kier molecular flexibility index (Phi) is 4.79. The lowest BCUT2D eigenvalue weighted by Gasteiger charge is -2.09. The van der Waals surface area contributed by atoms with Crippen LogP contribution in [0.2, 0.25) is 5.02 Å². The van der Waals surface area contributed by atoms with Crippen molar-refractivity contribution in [3.8, 4) is 11.3 Å². The second-order valence-corrected chi connectivity index (χ2v) is 7.19. The van der Waals surface area contributed by atoms with Crippen LogP contribution in [0, 0.1) is 0 Å². The maximum absolute atomic E-state index is 6.19. The molecule has 6 heteroatoms. The Balaban J connectivity index is 1.49. The number of anilines is 1. The molecule has 0 saturated heterocycles. The number of rotatable bonds is 4. The minimum Gasteiger partial charge on any atom is -0.256 e. The van der Waals surface area contributed by atoms with Crippen LogP contribution < -0.4 is 5.43 Å². The molecule has 1 N–H and O–H groups in total. The third kappa shape index (κ3) is 3.71. The smallest absolute Gasteiger partial charge is 0.244 e. The summed E-state index contributed by atoms with van der Waals surface area (Å²) in [6.45, 7) is 0. The van der Waals surface area contributed by atoms with Crippen LogP contribution in [0.4, 0.5) is 5.95 Å². The Morgan fingerprint density at radius 1 is 0.833 bits per heavy atom. The predicted molar refractivity (Wildman–Crippen MR) is 123 cm³/mol. The highest BCUT2D eigenvalue weighted by Crippen LogP contribution is 2.29. The third-order valence-corrected chi connectivity index (χ3v) is 4.95. The fourth-order valence-electron chi connectivity index (χ4n) is 3.31. The molecule has 5 rings (SSSR count).